The molecule has 1 atom stereocenters. The number of hydrogen-bond acceptors (Lipinski definition) is 7. The highest BCUT2D eigenvalue weighted by Crippen LogP contribution is 2.40. The first-order valence-electron chi connectivity index (χ1n) is 11.6. The predicted molar refractivity (Wildman–Crippen MR) is 121 cm³/mol. The normalized spacial score (nSPS) is 19.9. The standard InChI is InChI=1S/C24H40N2O5/c1-28-22-10-9-20(23(29-2)24(22)30-3)15-25-11-13-26(14-12-25)16-21(27)18-31-17-19-7-5-4-6-8-19/h9-10,19,21,27H,4-8,11-18H2,1-3H3. The summed E-state index contributed by atoms with van der Waals surface area (Å²) in [6, 6.07) is 3.97. The minimum atomic E-state index is -0.416. The van der Waals surface area contributed by atoms with Gasteiger partial charge in [-0.1, -0.05) is 25.3 Å². The molecule has 31 heavy (non-hydrogen) atoms. The molecule has 1 N–H and O–H groups in total. The predicted octanol–water partition coefficient (Wildman–Crippen LogP) is 2.79. The van der Waals surface area contributed by atoms with E-state index in [1.807, 2.05) is 12.1 Å². The van der Waals surface area contributed by atoms with E-state index in [2.05, 4.69) is 9.80 Å². The lowest BCUT2D eigenvalue weighted by Gasteiger charge is -2.36. The molecule has 1 aromatic carbocycles. The number of methoxy groups -OCH3 is 3. The van der Waals surface area contributed by atoms with Gasteiger partial charge in [0.15, 0.2) is 11.5 Å². The van der Waals surface area contributed by atoms with Gasteiger partial charge >= 0.3 is 0 Å². The SMILES string of the molecule is COc1ccc(CN2CCN(CC(O)COCC3CCCCC3)CC2)c(OC)c1OC. The summed E-state index contributed by atoms with van der Waals surface area (Å²) in [6.45, 7) is 6.50. The molecule has 3 rings (SSSR count). The van der Waals surface area contributed by atoms with Crippen LogP contribution in [-0.2, 0) is 11.3 Å². The topological polar surface area (TPSA) is 63.6 Å². The Morgan fingerprint density at radius 2 is 1.58 bits per heavy atom. The van der Waals surface area contributed by atoms with Crippen LogP contribution in [0.15, 0.2) is 12.1 Å². The Balaban J connectivity index is 1.40. The molecule has 1 aliphatic heterocycles. The van der Waals surface area contributed by atoms with Gasteiger partial charge in [0.25, 0.3) is 0 Å². The van der Waals surface area contributed by atoms with Gasteiger partial charge in [-0.15, -0.1) is 0 Å². The van der Waals surface area contributed by atoms with Crippen LogP contribution in [0.1, 0.15) is 37.7 Å². The fraction of sp³-hybridized carbons (Fsp3) is 0.750. The second-order valence-electron chi connectivity index (χ2n) is 8.77. The van der Waals surface area contributed by atoms with E-state index < -0.39 is 6.10 Å². The molecule has 0 spiro atoms. The molecular formula is C24H40N2O5. The molecule has 1 saturated carbocycles. The largest absolute Gasteiger partial charge is 0.493 e. The average Bonchev–Trinajstić information content (AvgIpc) is 2.80. The van der Waals surface area contributed by atoms with E-state index in [4.69, 9.17) is 18.9 Å². The minimum Gasteiger partial charge on any atom is -0.493 e. The third-order valence-electron chi connectivity index (χ3n) is 6.50. The number of rotatable bonds is 11. The average molecular weight is 437 g/mol. The highest BCUT2D eigenvalue weighted by molar-refractivity contribution is 5.55. The first kappa shape index (κ1) is 24.1. The Labute approximate surface area is 187 Å². The summed E-state index contributed by atoms with van der Waals surface area (Å²) < 4.78 is 22.3. The molecular weight excluding hydrogens is 396 g/mol. The van der Waals surface area contributed by atoms with Crippen LogP contribution >= 0.6 is 0 Å². The van der Waals surface area contributed by atoms with Gasteiger partial charge in [-0.05, 0) is 24.8 Å². The number of aliphatic hydroxyl groups excluding tert-OH is 1. The molecule has 7 heteroatoms. The van der Waals surface area contributed by atoms with Crippen LogP contribution in [0.4, 0.5) is 0 Å². The van der Waals surface area contributed by atoms with Crippen molar-refractivity contribution in [2.24, 2.45) is 5.92 Å². The number of nitrogens with zero attached hydrogens (tertiary/aromatic N) is 2. The third-order valence-corrected chi connectivity index (χ3v) is 6.50. The van der Waals surface area contributed by atoms with E-state index in [0.717, 1.165) is 50.6 Å². The van der Waals surface area contributed by atoms with Crippen LogP contribution in [0, 0.1) is 5.92 Å². The second kappa shape index (κ2) is 12.5. The zero-order valence-corrected chi connectivity index (χ0v) is 19.5. The first-order valence-corrected chi connectivity index (χ1v) is 11.6. The molecule has 0 radical (unpaired) electrons. The van der Waals surface area contributed by atoms with E-state index >= 15 is 0 Å². The van der Waals surface area contributed by atoms with Crippen molar-refractivity contribution in [3.8, 4) is 17.2 Å². The number of aliphatic hydroxyl groups is 1. The van der Waals surface area contributed by atoms with Gasteiger partial charge in [-0.25, -0.2) is 0 Å². The van der Waals surface area contributed by atoms with Gasteiger partial charge in [0.2, 0.25) is 5.75 Å². The lowest BCUT2D eigenvalue weighted by atomic mass is 9.90. The summed E-state index contributed by atoms with van der Waals surface area (Å²) in [4.78, 5) is 4.74. The van der Waals surface area contributed by atoms with Crippen LogP contribution in [0.2, 0.25) is 0 Å². The number of hydrogen-bond donors (Lipinski definition) is 1. The van der Waals surface area contributed by atoms with Crippen LogP contribution in [0.25, 0.3) is 0 Å². The molecule has 1 saturated heterocycles. The molecule has 176 valence electrons. The van der Waals surface area contributed by atoms with E-state index in [9.17, 15) is 5.11 Å². The van der Waals surface area contributed by atoms with Gasteiger partial charge in [0, 0.05) is 51.4 Å². The van der Waals surface area contributed by atoms with Crippen molar-refractivity contribution < 1.29 is 24.1 Å². The molecule has 1 heterocycles. The zero-order chi connectivity index (χ0) is 22.1. The second-order valence-corrected chi connectivity index (χ2v) is 8.77. The van der Waals surface area contributed by atoms with Gasteiger partial charge in [-0.3, -0.25) is 9.80 Å². The summed E-state index contributed by atoms with van der Waals surface area (Å²) in [7, 11) is 4.93. The highest BCUT2D eigenvalue weighted by Gasteiger charge is 2.23. The van der Waals surface area contributed by atoms with E-state index in [0.29, 0.717) is 30.6 Å². The van der Waals surface area contributed by atoms with E-state index in [1.54, 1.807) is 21.3 Å². The van der Waals surface area contributed by atoms with Crippen molar-refractivity contribution in [1.29, 1.82) is 0 Å². The fourth-order valence-electron chi connectivity index (χ4n) is 4.73. The Bertz CT molecular complexity index is 658. The van der Waals surface area contributed by atoms with Crippen LogP contribution in [0.3, 0.4) is 0 Å². The van der Waals surface area contributed by atoms with Gasteiger partial charge in [0.05, 0.1) is 34.0 Å². The molecule has 0 amide bonds. The van der Waals surface area contributed by atoms with Crippen molar-refractivity contribution in [2.75, 3.05) is 67.3 Å². The summed E-state index contributed by atoms with van der Waals surface area (Å²) in [6.07, 6.45) is 6.17. The summed E-state index contributed by atoms with van der Waals surface area (Å²) >= 11 is 0. The van der Waals surface area contributed by atoms with Crippen molar-refractivity contribution in [3.63, 3.8) is 0 Å². The van der Waals surface area contributed by atoms with E-state index in [1.165, 1.54) is 32.1 Å². The maximum atomic E-state index is 10.4. The van der Waals surface area contributed by atoms with Crippen molar-refractivity contribution in [1.82, 2.24) is 9.80 Å². The van der Waals surface area contributed by atoms with Crippen LogP contribution in [0.5, 0.6) is 17.2 Å². The Morgan fingerprint density at radius 3 is 2.23 bits per heavy atom. The first-order chi connectivity index (χ1) is 15.1. The minimum absolute atomic E-state index is 0.416. The van der Waals surface area contributed by atoms with Gasteiger partial charge < -0.3 is 24.1 Å². The molecule has 0 bridgehead atoms. The summed E-state index contributed by atoms with van der Waals surface area (Å²) in [5, 5.41) is 10.4. The molecule has 1 aromatic rings. The molecule has 1 unspecified atom stereocenters. The third kappa shape index (κ3) is 6.97. The number of β-amino-alcohol motifs (C(OH)–C–C–N with tert-alkyl or cyclic N) is 1. The lowest BCUT2D eigenvalue weighted by molar-refractivity contribution is -0.00690. The van der Waals surface area contributed by atoms with Crippen molar-refractivity contribution in [3.05, 3.63) is 17.7 Å². The Hall–Kier alpha value is -1.54. The maximum absolute atomic E-state index is 10.4. The fourth-order valence-corrected chi connectivity index (χ4v) is 4.73. The quantitative estimate of drug-likeness (QED) is 0.572. The van der Waals surface area contributed by atoms with Crippen LogP contribution in [-0.4, -0.2) is 88.3 Å². The lowest BCUT2D eigenvalue weighted by Crippen LogP contribution is -2.48. The Morgan fingerprint density at radius 1 is 0.903 bits per heavy atom. The molecule has 2 aliphatic rings. The van der Waals surface area contributed by atoms with Crippen LogP contribution < -0.4 is 14.2 Å². The number of benzene rings is 1. The molecule has 7 nitrogen and oxygen atoms in total. The van der Waals surface area contributed by atoms with Gasteiger partial charge in [-0.2, -0.15) is 0 Å². The smallest absolute Gasteiger partial charge is 0.203 e. The summed E-state index contributed by atoms with van der Waals surface area (Å²) in [5.41, 5.74) is 1.09. The van der Waals surface area contributed by atoms with Gasteiger partial charge in [0.1, 0.15) is 0 Å². The molecule has 1 aliphatic carbocycles. The zero-order valence-electron chi connectivity index (χ0n) is 19.5. The number of ether oxygens (including phenoxy) is 4. The van der Waals surface area contributed by atoms with Crippen molar-refractivity contribution >= 4 is 0 Å². The maximum Gasteiger partial charge on any atom is 0.203 e. The Kier molecular flexibility index (Phi) is 9.71. The van der Waals surface area contributed by atoms with E-state index in [-0.39, 0.29) is 0 Å². The highest BCUT2D eigenvalue weighted by atomic mass is 16.5. The summed E-state index contributed by atoms with van der Waals surface area (Å²) in [5.74, 6) is 2.73. The van der Waals surface area contributed by atoms with Crippen molar-refractivity contribution in [2.45, 2.75) is 44.8 Å². The number of piperazine rings is 1. The molecule has 0 aromatic heterocycles. The molecule has 2 fully saturated rings. The monoisotopic (exact) mass is 436 g/mol.